The largest absolute Gasteiger partial charge is 0.490 e. The molecule has 0 spiro atoms. The number of hydrogen-bond acceptors (Lipinski definition) is 4. The van der Waals surface area contributed by atoms with Crippen molar-refractivity contribution in [2.75, 3.05) is 31.5 Å². The number of amides is 1. The maximum Gasteiger partial charge on any atom is 0.490 e. The van der Waals surface area contributed by atoms with Crippen LogP contribution in [-0.2, 0) is 23.3 Å². The highest BCUT2D eigenvalue weighted by Gasteiger charge is 2.38. The Morgan fingerprint density at radius 3 is 1.88 bits per heavy atom. The van der Waals surface area contributed by atoms with Crippen molar-refractivity contribution in [2.45, 2.75) is 58.8 Å². The number of hydrogen-bond donors (Lipinski definition) is 2. The first-order valence-corrected chi connectivity index (χ1v) is 14.0. The molecule has 9 heteroatoms. The quantitative estimate of drug-likeness (QED) is 0.331. The molecule has 0 saturated carbocycles. The minimum absolute atomic E-state index is 0.0679. The molecular formula is C33H40F3N3O3. The molecule has 1 saturated heterocycles. The lowest BCUT2D eigenvalue weighted by atomic mass is 9.87. The third-order valence-corrected chi connectivity index (χ3v) is 7.21. The number of nitrogens with one attached hydrogen (secondary N) is 1. The first-order valence-electron chi connectivity index (χ1n) is 14.0. The summed E-state index contributed by atoms with van der Waals surface area (Å²) in [6.07, 6.45) is -3.90. The van der Waals surface area contributed by atoms with Crippen molar-refractivity contribution in [3.05, 3.63) is 101 Å². The van der Waals surface area contributed by atoms with E-state index in [4.69, 9.17) is 9.90 Å². The van der Waals surface area contributed by atoms with Crippen LogP contribution in [0, 0.1) is 6.92 Å². The summed E-state index contributed by atoms with van der Waals surface area (Å²) >= 11 is 0. The lowest BCUT2D eigenvalue weighted by Crippen LogP contribution is -2.30. The van der Waals surface area contributed by atoms with Crippen LogP contribution >= 0.6 is 0 Å². The average Bonchev–Trinajstić information content (AvgIpc) is 3.15. The van der Waals surface area contributed by atoms with Gasteiger partial charge in [0.25, 0.3) is 5.91 Å². The van der Waals surface area contributed by atoms with E-state index < -0.39 is 12.1 Å². The van der Waals surface area contributed by atoms with E-state index in [1.807, 2.05) is 24.3 Å². The van der Waals surface area contributed by atoms with Gasteiger partial charge in [-0.1, -0.05) is 69.3 Å². The van der Waals surface area contributed by atoms with Gasteiger partial charge in [-0.05, 0) is 78.4 Å². The zero-order valence-electron chi connectivity index (χ0n) is 24.7. The van der Waals surface area contributed by atoms with Gasteiger partial charge in [-0.15, -0.1) is 0 Å². The van der Waals surface area contributed by atoms with Crippen molar-refractivity contribution in [1.29, 1.82) is 0 Å². The van der Waals surface area contributed by atoms with E-state index in [1.165, 1.54) is 28.7 Å². The van der Waals surface area contributed by atoms with E-state index in [0.29, 0.717) is 5.56 Å². The number of aliphatic carboxylic acids is 1. The molecule has 0 aromatic heterocycles. The molecule has 0 atom stereocenters. The maximum absolute atomic E-state index is 12.7. The Balaban J connectivity index is 0.000000616. The summed E-state index contributed by atoms with van der Waals surface area (Å²) in [5, 5.41) is 10.1. The van der Waals surface area contributed by atoms with Crippen molar-refractivity contribution in [3.8, 4) is 0 Å². The summed E-state index contributed by atoms with van der Waals surface area (Å²) in [6.45, 7) is 15.1. The molecule has 226 valence electrons. The van der Waals surface area contributed by atoms with Gasteiger partial charge in [0, 0.05) is 37.4 Å². The monoisotopic (exact) mass is 583 g/mol. The molecule has 6 nitrogen and oxygen atoms in total. The SMILES string of the molecule is Cc1ccccc1CN1CCCN(Cc2ccc(C(=O)Nc3ccc(C(C)(C)C)cc3)cc2)CC1.O=C(O)C(F)(F)F. The Hall–Kier alpha value is -3.69. The average molecular weight is 584 g/mol. The smallest absolute Gasteiger partial charge is 0.475 e. The van der Waals surface area contributed by atoms with E-state index in [9.17, 15) is 18.0 Å². The van der Waals surface area contributed by atoms with Gasteiger partial charge in [-0.2, -0.15) is 13.2 Å². The van der Waals surface area contributed by atoms with E-state index >= 15 is 0 Å². The summed E-state index contributed by atoms with van der Waals surface area (Å²) < 4.78 is 31.7. The standard InChI is InChI=1S/C31H39N3O.C2HF3O2/c1-24-8-5-6-9-27(24)23-34-19-7-18-33(20-21-34)22-25-10-12-26(13-11-25)30(35)32-29-16-14-28(15-17-29)31(2,3)4;3-2(4,5)1(6)7/h5-6,8-17H,7,18-23H2,1-4H3,(H,32,35);(H,6,7). The van der Waals surface area contributed by atoms with Gasteiger partial charge >= 0.3 is 12.1 Å². The van der Waals surface area contributed by atoms with Crippen LogP contribution in [0.25, 0.3) is 0 Å². The van der Waals surface area contributed by atoms with Crippen LogP contribution in [0.1, 0.15) is 59.8 Å². The van der Waals surface area contributed by atoms with Crippen LogP contribution in [0.2, 0.25) is 0 Å². The van der Waals surface area contributed by atoms with Gasteiger partial charge in [0.1, 0.15) is 0 Å². The number of rotatable bonds is 6. The first-order chi connectivity index (χ1) is 19.7. The third kappa shape index (κ3) is 10.3. The predicted molar refractivity (Wildman–Crippen MR) is 160 cm³/mol. The molecule has 0 radical (unpaired) electrons. The number of aryl methyl sites for hydroxylation is 1. The van der Waals surface area contributed by atoms with Crippen LogP contribution in [0.4, 0.5) is 18.9 Å². The highest BCUT2D eigenvalue weighted by Crippen LogP contribution is 2.24. The van der Waals surface area contributed by atoms with E-state index in [0.717, 1.165) is 45.0 Å². The van der Waals surface area contributed by atoms with Crippen LogP contribution in [0.5, 0.6) is 0 Å². The number of carboxylic acid groups (broad SMARTS) is 1. The number of benzene rings is 3. The molecule has 0 aliphatic carbocycles. The fourth-order valence-corrected chi connectivity index (χ4v) is 4.65. The number of halogens is 3. The van der Waals surface area contributed by atoms with Gasteiger partial charge < -0.3 is 10.4 Å². The molecule has 1 amide bonds. The van der Waals surface area contributed by atoms with Crippen molar-refractivity contribution >= 4 is 17.6 Å². The summed E-state index contributed by atoms with van der Waals surface area (Å²) in [7, 11) is 0. The topological polar surface area (TPSA) is 72.9 Å². The molecular weight excluding hydrogens is 543 g/mol. The highest BCUT2D eigenvalue weighted by molar-refractivity contribution is 6.04. The van der Waals surface area contributed by atoms with Gasteiger partial charge in [0.15, 0.2) is 0 Å². The fourth-order valence-electron chi connectivity index (χ4n) is 4.65. The second-order valence-electron chi connectivity index (χ2n) is 11.6. The minimum atomic E-state index is -5.08. The Labute approximate surface area is 246 Å². The van der Waals surface area contributed by atoms with Gasteiger partial charge in [0.2, 0.25) is 0 Å². The summed E-state index contributed by atoms with van der Waals surface area (Å²) in [4.78, 5) is 26.7. The van der Waals surface area contributed by atoms with Crippen molar-refractivity contribution in [1.82, 2.24) is 9.80 Å². The molecule has 2 N–H and O–H groups in total. The van der Waals surface area contributed by atoms with Crippen molar-refractivity contribution in [3.63, 3.8) is 0 Å². The predicted octanol–water partition coefficient (Wildman–Crippen LogP) is 6.89. The molecule has 0 bridgehead atoms. The fraction of sp³-hybridized carbons (Fsp3) is 0.394. The van der Waals surface area contributed by atoms with E-state index in [1.54, 1.807) is 0 Å². The van der Waals surface area contributed by atoms with Crippen LogP contribution in [0.3, 0.4) is 0 Å². The molecule has 1 aliphatic heterocycles. The van der Waals surface area contributed by atoms with Crippen molar-refractivity contribution in [2.24, 2.45) is 0 Å². The lowest BCUT2D eigenvalue weighted by molar-refractivity contribution is -0.192. The Kier molecular flexibility index (Phi) is 11.3. The molecule has 42 heavy (non-hydrogen) atoms. The van der Waals surface area contributed by atoms with Gasteiger partial charge in [-0.25, -0.2) is 4.79 Å². The number of nitrogens with zero attached hydrogens (tertiary/aromatic N) is 2. The summed E-state index contributed by atoms with van der Waals surface area (Å²) in [5.74, 6) is -2.82. The Morgan fingerprint density at radius 1 is 0.810 bits per heavy atom. The molecule has 0 unspecified atom stereocenters. The number of carbonyl (C=O) groups excluding carboxylic acids is 1. The molecule has 3 aromatic rings. The number of alkyl halides is 3. The zero-order chi connectivity index (χ0) is 30.9. The second kappa shape index (κ2) is 14.5. The molecule has 1 aliphatic rings. The van der Waals surface area contributed by atoms with Crippen LogP contribution in [0.15, 0.2) is 72.8 Å². The molecule has 1 fully saturated rings. The second-order valence-corrected chi connectivity index (χ2v) is 11.6. The van der Waals surface area contributed by atoms with Gasteiger partial charge in [-0.3, -0.25) is 14.6 Å². The Morgan fingerprint density at radius 2 is 1.36 bits per heavy atom. The minimum Gasteiger partial charge on any atom is -0.475 e. The van der Waals surface area contributed by atoms with Crippen molar-refractivity contribution < 1.29 is 27.9 Å². The maximum atomic E-state index is 12.7. The first kappa shape index (κ1) is 32.8. The molecule has 3 aromatic carbocycles. The number of carbonyl (C=O) groups is 2. The zero-order valence-corrected chi connectivity index (χ0v) is 24.7. The van der Waals surface area contributed by atoms with E-state index in [-0.39, 0.29) is 11.3 Å². The summed E-state index contributed by atoms with van der Waals surface area (Å²) in [5.41, 5.74) is 6.93. The number of anilines is 1. The normalized spacial score (nSPS) is 14.8. The van der Waals surface area contributed by atoms with Crippen LogP contribution < -0.4 is 5.32 Å². The highest BCUT2D eigenvalue weighted by atomic mass is 19.4. The molecule has 4 rings (SSSR count). The molecule has 1 heterocycles. The summed E-state index contributed by atoms with van der Waals surface area (Å²) in [6, 6.07) is 24.9. The Bertz CT molecular complexity index is 1320. The van der Waals surface area contributed by atoms with Gasteiger partial charge in [0.05, 0.1) is 0 Å². The number of carboxylic acids is 1. The lowest BCUT2D eigenvalue weighted by Gasteiger charge is -2.22. The third-order valence-electron chi connectivity index (χ3n) is 7.21. The van der Waals surface area contributed by atoms with E-state index in [2.05, 4.69) is 91.3 Å². The van der Waals surface area contributed by atoms with Crippen LogP contribution in [-0.4, -0.2) is 59.1 Å².